The van der Waals surface area contributed by atoms with Gasteiger partial charge in [0, 0.05) is 27.7 Å². The van der Waals surface area contributed by atoms with Crippen LogP contribution in [0.3, 0.4) is 0 Å². The van der Waals surface area contributed by atoms with E-state index in [2.05, 4.69) is 21.6 Å². The second kappa shape index (κ2) is 3.92. The molecule has 1 heterocycles. The molecule has 1 N–H and O–H groups in total. The minimum Gasteiger partial charge on any atom is -0.284 e. The number of rotatable bonds is 0. The molecule has 6 heteroatoms. The second-order valence-corrected chi connectivity index (χ2v) is 2.64. The summed E-state index contributed by atoms with van der Waals surface area (Å²) in [5, 5.41) is 0. The maximum Gasteiger partial charge on any atom is 0.208 e. The van der Waals surface area contributed by atoms with Gasteiger partial charge < -0.3 is 0 Å². The molecule has 1 aromatic heterocycles. The molecule has 0 saturated heterocycles. The van der Waals surface area contributed by atoms with Crippen LogP contribution in [-0.2, 0) is 27.7 Å². The van der Waals surface area contributed by atoms with E-state index in [1.807, 2.05) is 0 Å². The molecule has 0 aliphatic heterocycles. The summed E-state index contributed by atoms with van der Waals surface area (Å²) >= 11 is 11.2. The van der Waals surface area contributed by atoms with Crippen molar-refractivity contribution in [2.75, 3.05) is 0 Å². The third-order valence-corrected chi connectivity index (χ3v) is 1.61. The molecular formula is C2HClHgN2S2. The molecule has 0 unspecified atom stereocenters. The van der Waals surface area contributed by atoms with Gasteiger partial charge in [0.15, 0.2) is 0 Å². The Morgan fingerprint density at radius 3 is 2.50 bits per heavy atom. The van der Waals surface area contributed by atoms with Gasteiger partial charge in [-0.2, -0.15) is 4.98 Å². The van der Waals surface area contributed by atoms with Crippen LogP contribution in [0.5, 0.6) is 0 Å². The van der Waals surface area contributed by atoms with Crippen molar-refractivity contribution in [1.82, 2.24) is 9.36 Å². The summed E-state index contributed by atoms with van der Waals surface area (Å²) in [7, 11) is 0. The van der Waals surface area contributed by atoms with E-state index in [0.717, 1.165) is 0 Å². The molecule has 0 spiro atoms. The van der Waals surface area contributed by atoms with E-state index < -0.39 is 0 Å². The Morgan fingerprint density at radius 1 is 1.75 bits per heavy atom. The molecule has 0 aliphatic rings. The van der Waals surface area contributed by atoms with Crippen LogP contribution in [-0.4, -0.2) is 9.36 Å². The van der Waals surface area contributed by atoms with Crippen LogP contribution in [0.1, 0.15) is 0 Å². The third kappa shape index (κ3) is 2.52. The van der Waals surface area contributed by atoms with Gasteiger partial charge in [0.1, 0.15) is 0 Å². The maximum atomic E-state index is 5.37. The summed E-state index contributed by atoms with van der Waals surface area (Å²) in [5.74, 6) is 0. The summed E-state index contributed by atoms with van der Waals surface area (Å²) in [4.78, 5) is 3.65. The molecular weight excluding hydrogens is 352 g/mol. The Kier molecular flexibility index (Phi) is 4.42. The topological polar surface area (TPSA) is 28.7 Å². The molecule has 0 saturated carbocycles. The van der Waals surface area contributed by atoms with E-state index in [-0.39, 0.29) is 27.7 Å². The number of hydrogen-bond donors (Lipinski definition) is 1. The van der Waals surface area contributed by atoms with Crippen LogP contribution in [0.15, 0.2) is 0 Å². The Hall–Kier alpha value is 1.01. The number of H-pyrrole nitrogens is 1. The van der Waals surface area contributed by atoms with Crippen molar-refractivity contribution in [3.63, 3.8) is 0 Å². The largest absolute Gasteiger partial charge is 0.284 e. The predicted molar refractivity (Wildman–Crippen MR) is 32.3 cm³/mol. The molecule has 0 aromatic carbocycles. The fourth-order valence-corrected chi connectivity index (χ4v) is 1.09. The Bertz CT molecular complexity index is 206. The van der Waals surface area contributed by atoms with Crippen LogP contribution in [0, 0.1) is 4.77 Å². The van der Waals surface area contributed by atoms with E-state index in [1.165, 1.54) is 11.5 Å². The fourth-order valence-electron chi connectivity index (χ4n) is 0.211. The first-order valence-corrected chi connectivity index (χ1v) is 3.10. The maximum absolute atomic E-state index is 5.37. The first-order chi connectivity index (χ1) is 3.29. The molecule has 0 amide bonds. The number of aromatic amines is 1. The van der Waals surface area contributed by atoms with Crippen LogP contribution >= 0.6 is 35.4 Å². The number of nitrogens with zero attached hydrogens (tertiary/aromatic N) is 1. The van der Waals surface area contributed by atoms with Gasteiger partial charge in [-0.25, -0.2) is 0 Å². The SMILES string of the molecule is S=c1nc(Cl)s[nH]1.[Hg]. The molecule has 1 rings (SSSR count). The molecule has 8 heavy (non-hydrogen) atoms. The number of hydrogen-bond acceptors (Lipinski definition) is 3. The zero-order valence-corrected chi connectivity index (χ0v) is 11.7. The summed E-state index contributed by atoms with van der Waals surface area (Å²) in [5.41, 5.74) is 0. The van der Waals surface area contributed by atoms with E-state index in [9.17, 15) is 0 Å². The van der Waals surface area contributed by atoms with Gasteiger partial charge in [-0.15, -0.1) is 0 Å². The van der Waals surface area contributed by atoms with E-state index in [4.69, 9.17) is 11.6 Å². The first kappa shape index (κ1) is 9.01. The van der Waals surface area contributed by atoms with Crippen molar-refractivity contribution in [1.29, 1.82) is 0 Å². The van der Waals surface area contributed by atoms with Crippen molar-refractivity contribution in [2.45, 2.75) is 0 Å². The van der Waals surface area contributed by atoms with Crippen molar-refractivity contribution in [3.8, 4) is 0 Å². The number of halogens is 1. The molecule has 0 fully saturated rings. The predicted octanol–water partition coefficient (Wildman–Crippen LogP) is 1.85. The van der Waals surface area contributed by atoms with E-state index in [1.54, 1.807) is 0 Å². The summed E-state index contributed by atoms with van der Waals surface area (Å²) < 4.78 is 3.60. The van der Waals surface area contributed by atoms with Crippen molar-refractivity contribution >= 4 is 35.4 Å². The standard InChI is InChI=1S/C2HClN2S2.Hg/c3-1-4-2(6)5-7-1;/h(H,5,6);. The van der Waals surface area contributed by atoms with Gasteiger partial charge in [0.05, 0.1) is 0 Å². The monoisotopic (exact) mass is 354 g/mol. The minimum atomic E-state index is 0. The molecule has 1 aromatic rings. The van der Waals surface area contributed by atoms with Gasteiger partial charge in [-0.3, -0.25) is 4.37 Å². The average Bonchev–Trinajstić information content (AvgIpc) is 1.87. The van der Waals surface area contributed by atoms with Crippen molar-refractivity contribution in [3.05, 3.63) is 9.24 Å². The molecule has 0 atom stereocenters. The fraction of sp³-hybridized carbons (Fsp3) is 0. The van der Waals surface area contributed by atoms with Crippen molar-refractivity contribution in [2.24, 2.45) is 0 Å². The minimum absolute atomic E-state index is 0. The Morgan fingerprint density at radius 2 is 2.38 bits per heavy atom. The molecule has 0 bridgehead atoms. The molecule has 0 aliphatic carbocycles. The number of nitrogens with one attached hydrogen (secondary N) is 1. The molecule has 40 valence electrons. The quantitative estimate of drug-likeness (QED) is 0.570. The molecule has 2 nitrogen and oxygen atoms in total. The van der Waals surface area contributed by atoms with Crippen LogP contribution < -0.4 is 0 Å². The van der Waals surface area contributed by atoms with Gasteiger partial charge in [-0.1, -0.05) is 0 Å². The first-order valence-electron chi connectivity index (χ1n) is 1.50. The summed E-state index contributed by atoms with van der Waals surface area (Å²) in [6.07, 6.45) is 0. The van der Waals surface area contributed by atoms with E-state index >= 15 is 0 Å². The summed E-state index contributed by atoms with van der Waals surface area (Å²) in [6, 6.07) is 0. The van der Waals surface area contributed by atoms with E-state index in [0.29, 0.717) is 9.24 Å². The Labute approximate surface area is 80.9 Å². The van der Waals surface area contributed by atoms with Crippen molar-refractivity contribution < 1.29 is 27.7 Å². The normalized spacial score (nSPS) is 8.12. The smallest absolute Gasteiger partial charge is 0.208 e. The zero-order chi connectivity index (χ0) is 5.28. The second-order valence-electron chi connectivity index (χ2n) is 0.874. The Balaban J connectivity index is 0.000000490. The average molecular weight is 353 g/mol. The zero-order valence-electron chi connectivity index (χ0n) is 3.85. The number of aromatic nitrogens is 2. The third-order valence-electron chi connectivity index (χ3n) is 0.412. The van der Waals surface area contributed by atoms with Gasteiger partial charge >= 0.3 is 0 Å². The van der Waals surface area contributed by atoms with Crippen LogP contribution in [0.25, 0.3) is 0 Å². The van der Waals surface area contributed by atoms with Gasteiger partial charge in [0.2, 0.25) is 9.24 Å². The summed E-state index contributed by atoms with van der Waals surface area (Å²) in [6.45, 7) is 0. The van der Waals surface area contributed by atoms with Gasteiger partial charge in [0.25, 0.3) is 0 Å². The van der Waals surface area contributed by atoms with Crippen LogP contribution in [0.2, 0.25) is 4.47 Å². The van der Waals surface area contributed by atoms with Gasteiger partial charge in [-0.05, 0) is 35.4 Å². The van der Waals surface area contributed by atoms with Crippen LogP contribution in [0.4, 0.5) is 0 Å². The molecule has 0 radical (unpaired) electrons.